The predicted molar refractivity (Wildman–Crippen MR) is 138 cm³/mol. The Labute approximate surface area is 189 Å². The van der Waals surface area contributed by atoms with Crippen LogP contribution in [0.25, 0.3) is 0 Å². The van der Waals surface area contributed by atoms with Gasteiger partial charge >= 0.3 is 0 Å². The monoisotopic (exact) mass is 428 g/mol. The van der Waals surface area contributed by atoms with E-state index in [1.165, 1.54) is 66.0 Å². The zero-order valence-corrected chi connectivity index (χ0v) is 21.5. The summed E-state index contributed by atoms with van der Waals surface area (Å²) in [6, 6.07) is 16.4. The number of benzene rings is 3. The van der Waals surface area contributed by atoms with E-state index >= 15 is 0 Å². The minimum Gasteiger partial charge on any atom is -0.194 e. The molecule has 0 heterocycles. The van der Waals surface area contributed by atoms with Crippen LogP contribution in [0.1, 0.15) is 50.1 Å². The molecule has 0 unspecified atom stereocenters. The largest absolute Gasteiger partial charge is 0.194 e. The first-order valence-electron chi connectivity index (χ1n) is 11.0. The van der Waals surface area contributed by atoms with Crippen LogP contribution in [-0.2, 0) is 0 Å². The Hall–Kier alpha value is -2.42. The van der Waals surface area contributed by atoms with Crippen LogP contribution in [0.2, 0.25) is 0 Å². The van der Waals surface area contributed by atoms with Crippen LogP contribution in [-0.4, -0.2) is 6.16 Å². The molecule has 3 aromatic carbocycles. The van der Waals surface area contributed by atoms with Crippen molar-refractivity contribution in [2.45, 2.75) is 62.3 Å². The van der Waals surface area contributed by atoms with Gasteiger partial charge in [-0.05, 0) is 95.7 Å². The molecule has 0 atom stereocenters. The van der Waals surface area contributed by atoms with Gasteiger partial charge in [-0.25, -0.2) is 0 Å². The summed E-state index contributed by atoms with van der Waals surface area (Å²) < 4.78 is 0. The Morgan fingerprint density at radius 2 is 0.742 bits per heavy atom. The van der Waals surface area contributed by atoms with E-state index in [4.69, 9.17) is 0 Å². The summed E-state index contributed by atoms with van der Waals surface area (Å²) in [5.74, 6) is 0. The van der Waals surface area contributed by atoms with Crippen LogP contribution in [0.3, 0.4) is 0 Å². The predicted octanol–water partition coefficient (Wildman–Crippen LogP) is 6.28. The number of aryl methyl sites for hydroxylation is 9. The third-order valence-corrected chi connectivity index (χ3v) is 11.4. The lowest BCUT2D eigenvalue weighted by molar-refractivity contribution is 1.32. The fourth-order valence-electron chi connectivity index (χ4n) is 6.00. The average molecular weight is 429 g/mol. The van der Waals surface area contributed by atoms with Gasteiger partial charge < -0.3 is 0 Å². The molecule has 0 aliphatic carbocycles. The lowest BCUT2D eigenvalue weighted by atomic mass is 10.1. The highest BCUT2D eigenvalue weighted by molar-refractivity contribution is 7.96. The zero-order valence-electron chi connectivity index (χ0n) is 20.6. The van der Waals surface area contributed by atoms with Crippen molar-refractivity contribution in [3.05, 3.63) is 86.5 Å². The molecule has 0 saturated heterocycles. The maximum Gasteiger partial charge on any atom is 0.159 e. The zero-order chi connectivity index (χ0) is 23.1. The fraction of sp³-hybridized carbons (Fsp3) is 0.345. The van der Waals surface area contributed by atoms with Gasteiger partial charge in [-0.3, -0.25) is 0 Å². The van der Waals surface area contributed by atoms with Crippen molar-refractivity contribution in [3.8, 4) is 6.07 Å². The third-order valence-electron chi connectivity index (χ3n) is 6.36. The van der Waals surface area contributed by atoms with Gasteiger partial charge in [-0.1, -0.05) is 53.1 Å². The highest BCUT2D eigenvalue weighted by Crippen LogP contribution is 2.59. The molecule has 0 fully saturated rings. The van der Waals surface area contributed by atoms with Crippen molar-refractivity contribution in [2.75, 3.05) is 6.16 Å². The van der Waals surface area contributed by atoms with E-state index in [1.807, 2.05) is 0 Å². The molecule has 0 radical (unpaired) electrons. The summed E-state index contributed by atoms with van der Waals surface area (Å²) in [5, 5.41) is 14.5. The Morgan fingerprint density at radius 3 is 0.935 bits per heavy atom. The normalized spacial score (nSPS) is 11.5. The first kappa shape index (κ1) is 23.2. The van der Waals surface area contributed by atoms with Crippen molar-refractivity contribution < 1.29 is 0 Å². The molecule has 3 aromatic rings. The maximum atomic E-state index is 10.3. The number of hydrogen-bond acceptors (Lipinski definition) is 1. The summed E-state index contributed by atoms with van der Waals surface area (Å²) in [6.07, 6.45) is 0.521. The van der Waals surface area contributed by atoms with Gasteiger partial charge in [-0.15, -0.1) is 0 Å². The van der Waals surface area contributed by atoms with Crippen molar-refractivity contribution in [1.29, 1.82) is 5.26 Å². The molecular weight excluding hydrogens is 393 g/mol. The molecule has 0 amide bonds. The summed E-state index contributed by atoms with van der Waals surface area (Å²) >= 11 is 0. The molecule has 160 valence electrons. The molecule has 31 heavy (non-hydrogen) atoms. The molecular formula is C29H35NP+. The summed E-state index contributed by atoms with van der Waals surface area (Å²) in [4.78, 5) is 0. The second kappa shape index (κ2) is 8.61. The highest BCUT2D eigenvalue weighted by atomic mass is 31.2. The van der Waals surface area contributed by atoms with Crippen molar-refractivity contribution in [2.24, 2.45) is 0 Å². The first-order valence-corrected chi connectivity index (χ1v) is 13.0. The van der Waals surface area contributed by atoms with Crippen LogP contribution in [0.5, 0.6) is 0 Å². The van der Waals surface area contributed by atoms with E-state index in [2.05, 4.69) is 105 Å². The smallest absolute Gasteiger partial charge is 0.159 e. The van der Waals surface area contributed by atoms with Gasteiger partial charge in [-0.2, -0.15) is 5.26 Å². The number of hydrogen-bond donors (Lipinski definition) is 0. The van der Waals surface area contributed by atoms with Gasteiger partial charge in [0.25, 0.3) is 0 Å². The van der Waals surface area contributed by atoms with Crippen LogP contribution < -0.4 is 15.9 Å². The molecule has 0 aliphatic heterocycles. The van der Waals surface area contributed by atoms with Crippen LogP contribution in [0.15, 0.2) is 36.4 Å². The van der Waals surface area contributed by atoms with E-state index in [0.717, 1.165) is 0 Å². The van der Waals surface area contributed by atoms with E-state index in [9.17, 15) is 5.26 Å². The number of rotatable bonds is 4. The van der Waals surface area contributed by atoms with Crippen LogP contribution in [0, 0.1) is 73.6 Å². The summed E-state index contributed by atoms with van der Waals surface area (Å²) in [5.41, 5.74) is 11.7. The standard InChI is InChI=1S/C29H35NP/c1-18-12-21(4)27(22(5)13-18)31(11-10-30,28-23(6)14-19(2)15-24(28)7)29-25(8)16-20(3)17-26(29)9/h12-17H,11H2,1-9H3/q+1. The Balaban J connectivity index is 2.65. The fourth-order valence-corrected chi connectivity index (χ4v) is 11.4. The number of nitriles is 1. The second-order valence-electron chi connectivity index (χ2n) is 9.37. The highest BCUT2D eigenvalue weighted by Gasteiger charge is 2.51. The Bertz CT molecular complexity index is 1000. The molecule has 2 heteroatoms. The second-order valence-corrected chi connectivity index (χ2v) is 12.6. The maximum absolute atomic E-state index is 10.3. The molecule has 0 aliphatic rings. The molecule has 3 rings (SSSR count). The quantitative estimate of drug-likeness (QED) is 0.449. The van der Waals surface area contributed by atoms with Crippen LogP contribution in [0.4, 0.5) is 0 Å². The van der Waals surface area contributed by atoms with Crippen molar-refractivity contribution in [3.63, 3.8) is 0 Å². The Kier molecular flexibility index (Phi) is 6.45. The molecule has 0 N–H and O–H groups in total. The molecule has 0 aromatic heterocycles. The van der Waals surface area contributed by atoms with Gasteiger partial charge in [0.1, 0.15) is 29.2 Å². The van der Waals surface area contributed by atoms with E-state index in [1.54, 1.807) is 0 Å². The van der Waals surface area contributed by atoms with Crippen molar-refractivity contribution in [1.82, 2.24) is 0 Å². The molecule has 0 saturated carbocycles. The van der Waals surface area contributed by atoms with Crippen molar-refractivity contribution >= 4 is 23.2 Å². The minimum atomic E-state index is -2.20. The average Bonchev–Trinajstić information content (AvgIpc) is 2.58. The van der Waals surface area contributed by atoms with Gasteiger partial charge in [0.15, 0.2) is 6.16 Å². The van der Waals surface area contributed by atoms with E-state index in [-0.39, 0.29) is 0 Å². The van der Waals surface area contributed by atoms with E-state index in [0.29, 0.717) is 6.16 Å². The first-order chi connectivity index (χ1) is 14.5. The summed E-state index contributed by atoms with van der Waals surface area (Å²) in [7, 11) is -2.20. The van der Waals surface area contributed by atoms with Gasteiger partial charge in [0.05, 0.1) is 0 Å². The molecule has 0 spiro atoms. The molecule has 0 bridgehead atoms. The van der Waals surface area contributed by atoms with Gasteiger partial charge in [0.2, 0.25) is 0 Å². The third kappa shape index (κ3) is 3.95. The van der Waals surface area contributed by atoms with E-state index < -0.39 is 7.26 Å². The lowest BCUT2D eigenvalue weighted by Crippen LogP contribution is -2.40. The SMILES string of the molecule is Cc1cc(C)c([P+](CC#N)(c2c(C)cc(C)cc2C)c2c(C)cc(C)cc2C)c(C)c1. The lowest BCUT2D eigenvalue weighted by Gasteiger charge is -2.33. The Morgan fingerprint density at radius 1 is 0.516 bits per heavy atom. The number of nitrogens with zero attached hydrogens (tertiary/aromatic N) is 1. The van der Waals surface area contributed by atoms with Gasteiger partial charge in [0, 0.05) is 0 Å². The van der Waals surface area contributed by atoms with Crippen LogP contribution >= 0.6 is 7.26 Å². The topological polar surface area (TPSA) is 23.8 Å². The minimum absolute atomic E-state index is 0.521. The molecule has 1 nitrogen and oxygen atoms in total. The summed E-state index contributed by atoms with van der Waals surface area (Å²) in [6.45, 7) is 19.9.